The standard InChI is InChI=1S/C9H13ClO/c1-3-4-9(10)6-5-8(2)7-11/h5-7H,3-4H2,1-2H3. The van der Waals surface area contributed by atoms with Gasteiger partial charge in [0, 0.05) is 5.03 Å². The Morgan fingerprint density at radius 2 is 2.09 bits per heavy atom. The molecule has 0 aromatic heterocycles. The molecule has 0 heterocycles. The molecule has 1 nitrogen and oxygen atoms in total. The second-order valence-corrected chi connectivity index (χ2v) is 2.88. The first-order valence-electron chi connectivity index (χ1n) is 3.68. The van der Waals surface area contributed by atoms with Crippen LogP contribution in [-0.2, 0) is 4.79 Å². The highest BCUT2D eigenvalue weighted by Gasteiger charge is 1.87. The van der Waals surface area contributed by atoms with Gasteiger partial charge in [0.1, 0.15) is 6.29 Å². The summed E-state index contributed by atoms with van der Waals surface area (Å²) in [6, 6.07) is 0. The van der Waals surface area contributed by atoms with Crippen molar-refractivity contribution >= 4 is 17.9 Å². The highest BCUT2D eigenvalue weighted by atomic mass is 35.5. The summed E-state index contributed by atoms with van der Waals surface area (Å²) in [6.45, 7) is 3.81. The Kier molecular flexibility index (Phi) is 5.86. The van der Waals surface area contributed by atoms with Gasteiger partial charge in [0.2, 0.25) is 0 Å². The highest BCUT2D eigenvalue weighted by Crippen LogP contribution is 2.09. The molecule has 0 saturated carbocycles. The largest absolute Gasteiger partial charge is 0.298 e. The first-order chi connectivity index (χ1) is 5.20. The van der Waals surface area contributed by atoms with E-state index >= 15 is 0 Å². The third-order valence-corrected chi connectivity index (χ3v) is 1.52. The number of halogens is 1. The Morgan fingerprint density at radius 1 is 1.45 bits per heavy atom. The number of hydrogen-bond donors (Lipinski definition) is 0. The Morgan fingerprint density at radius 3 is 2.55 bits per heavy atom. The summed E-state index contributed by atoms with van der Waals surface area (Å²) < 4.78 is 0. The van der Waals surface area contributed by atoms with Crippen LogP contribution in [0.25, 0.3) is 0 Å². The Labute approximate surface area is 72.7 Å². The van der Waals surface area contributed by atoms with E-state index in [0.29, 0.717) is 5.57 Å². The van der Waals surface area contributed by atoms with E-state index in [9.17, 15) is 4.79 Å². The fourth-order valence-corrected chi connectivity index (χ4v) is 0.835. The first kappa shape index (κ1) is 10.4. The summed E-state index contributed by atoms with van der Waals surface area (Å²) >= 11 is 5.78. The third kappa shape index (κ3) is 5.86. The fraction of sp³-hybridized carbons (Fsp3) is 0.444. The molecule has 0 bridgehead atoms. The quantitative estimate of drug-likeness (QED) is 0.362. The minimum Gasteiger partial charge on any atom is -0.298 e. The lowest BCUT2D eigenvalue weighted by Gasteiger charge is -1.90. The molecule has 0 rings (SSSR count). The number of carbonyl (C=O) groups excluding carboxylic acids is 1. The monoisotopic (exact) mass is 172 g/mol. The van der Waals surface area contributed by atoms with Crippen LogP contribution in [0.4, 0.5) is 0 Å². The van der Waals surface area contributed by atoms with Gasteiger partial charge in [0.05, 0.1) is 0 Å². The average molecular weight is 173 g/mol. The molecule has 0 radical (unpaired) electrons. The molecule has 2 heteroatoms. The van der Waals surface area contributed by atoms with Crippen molar-refractivity contribution in [2.45, 2.75) is 26.7 Å². The van der Waals surface area contributed by atoms with Crippen molar-refractivity contribution in [2.24, 2.45) is 0 Å². The molecule has 0 aliphatic heterocycles. The van der Waals surface area contributed by atoms with Gasteiger partial charge < -0.3 is 0 Å². The van der Waals surface area contributed by atoms with Crippen molar-refractivity contribution in [1.82, 2.24) is 0 Å². The molecule has 62 valence electrons. The van der Waals surface area contributed by atoms with Gasteiger partial charge in [-0.05, 0) is 25.0 Å². The molecule has 0 N–H and O–H groups in total. The Hall–Kier alpha value is -0.560. The summed E-state index contributed by atoms with van der Waals surface area (Å²) in [4.78, 5) is 10.1. The normalized spacial score (nSPS) is 13.4. The van der Waals surface area contributed by atoms with Crippen LogP contribution in [0.3, 0.4) is 0 Å². The van der Waals surface area contributed by atoms with Crippen molar-refractivity contribution in [2.75, 3.05) is 0 Å². The smallest absolute Gasteiger partial charge is 0.145 e. The van der Waals surface area contributed by atoms with Crippen molar-refractivity contribution in [1.29, 1.82) is 0 Å². The second kappa shape index (κ2) is 6.17. The zero-order chi connectivity index (χ0) is 8.69. The maximum Gasteiger partial charge on any atom is 0.145 e. The molecule has 0 unspecified atom stereocenters. The number of carbonyl (C=O) groups is 1. The van der Waals surface area contributed by atoms with Gasteiger partial charge in [-0.2, -0.15) is 0 Å². The van der Waals surface area contributed by atoms with Gasteiger partial charge in [-0.25, -0.2) is 0 Å². The molecule has 0 spiro atoms. The van der Waals surface area contributed by atoms with Gasteiger partial charge in [0.15, 0.2) is 0 Å². The van der Waals surface area contributed by atoms with Crippen molar-refractivity contribution in [3.63, 3.8) is 0 Å². The number of hydrogen-bond acceptors (Lipinski definition) is 1. The lowest BCUT2D eigenvalue weighted by atomic mass is 10.2. The fourth-order valence-electron chi connectivity index (χ4n) is 0.583. The molecular formula is C9H13ClO. The Balaban J connectivity index is 3.99. The third-order valence-electron chi connectivity index (χ3n) is 1.20. The molecule has 0 aliphatic rings. The SMILES string of the molecule is CCCC(Cl)=CC=C(C)C=O. The van der Waals surface area contributed by atoms with E-state index in [-0.39, 0.29) is 0 Å². The van der Waals surface area contributed by atoms with Crippen LogP contribution in [0, 0.1) is 0 Å². The summed E-state index contributed by atoms with van der Waals surface area (Å²) in [7, 11) is 0. The topological polar surface area (TPSA) is 17.1 Å². The summed E-state index contributed by atoms with van der Waals surface area (Å²) in [5.41, 5.74) is 0.694. The van der Waals surface area contributed by atoms with Gasteiger partial charge in [-0.1, -0.05) is 31.0 Å². The molecule has 0 fully saturated rings. The first-order valence-corrected chi connectivity index (χ1v) is 4.06. The Bertz CT molecular complexity index is 180. The van der Waals surface area contributed by atoms with Gasteiger partial charge >= 0.3 is 0 Å². The molecular weight excluding hydrogens is 160 g/mol. The maximum atomic E-state index is 10.1. The molecule has 0 amide bonds. The van der Waals surface area contributed by atoms with E-state index in [0.717, 1.165) is 24.2 Å². The van der Waals surface area contributed by atoms with E-state index in [2.05, 4.69) is 6.92 Å². The van der Waals surface area contributed by atoms with E-state index in [1.54, 1.807) is 19.1 Å². The predicted octanol–water partition coefficient (Wildman–Crippen LogP) is 3.05. The second-order valence-electron chi connectivity index (χ2n) is 2.39. The van der Waals surface area contributed by atoms with Crippen LogP contribution in [0.15, 0.2) is 22.8 Å². The zero-order valence-corrected chi connectivity index (χ0v) is 7.69. The van der Waals surface area contributed by atoms with Crippen LogP contribution in [-0.4, -0.2) is 6.29 Å². The van der Waals surface area contributed by atoms with Gasteiger partial charge in [-0.15, -0.1) is 0 Å². The van der Waals surface area contributed by atoms with E-state index in [1.165, 1.54) is 0 Å². The molecule has 0 aromatic carbocycles. The van der Waals surface area contributed by atoms with Crippen LogP contribution < -0.4 is 0 Å². The lowest BCUT2D eigenvalue weighted by molar-refractivity contribution is -0.104. The van der Waals surface area contributed by atoms with E-state index in [1.807, 2.05) is 0 Å². The molecule has 0 aliphatic carbocycles. The van der Waals surface area contributed by atoms with Gasteiger partial charge in [-0.3, -0.25) is 4.79 Å². The average Bonchev–Trinajstić information content (AvgIpc) is 2.01. The number of allylic oxidation sites excluding steroid dienone is 4. The lowest BCUT2D eigenvalue weighted by Crippen LogP contribution is -1.74. The van der Waals surface area contributed by atoms with Crippen LogP contribution in [0.1, 0.15) is 26.7 Å². The van der Waals surface area contributed by atoms with Crippen molar-refractivity contribution in [3.8, 4) is 0 Å². The molecule has 11 heavy (non-hydrogen) atoms. The van der Waals surface area contributed by atoms with Crippen LogP contribution in [0.2, 0.25) is 0 Å². The highest BCUT2D eigenvalue weighted by molar-refractivity contribution is 6.29. The van der Waals surface area contributed by atoms with Gasteiger partial charge in [0.25, 0.3) is 0 Å². The maximum absolute atomic E-state index is 10.1. The minimum absolute atomic E-state index is 0.694. The number of rotatable bonds is 4. The summed E-state index contributed by atoms with van der Waals surface area (Å²) in [5, 5.41) is 0.800. The summed E-state index contributed by atoms with van der Waals surface area (Å²) in [6.07, 6.45) is 6.22. The molecule has 0 atom stereocenters. The number of aldehydes is 1. The molecule has 0 aromatic rings. The van der Waals surface area contributed by atoms with Crippen molar-refractivity contribution in [3.05, 3.63) is 22.8 Å². The molecule has 0 saturated heterocycles. The zero-order valence-electron chi connectivity index (χ0n) is 6.93. The summed E-state index contributed by atoms with van der Waals surface area (Å²) in [5.74, 6) is 0. The predicted molar refractivity (Wildman–Crippen MR) is 48.7 cm³/mol. The van der Waals surface area contributed by atoms with Crippen molar-refractivity contribution < 1.29 is 4.79 Å². The van der Waals surface area contributed by atoms with E-state index < -0.39 is 0 Å². The van der Waals surface area contributed by atoms with Crippen LogP contribution >= 0.6 is 11.6 Å². The van der Waals surface area contributed by atoms with E-state index in [4.69, 9.17) is 11.6 Å². The minimum atomic E-state index is 0.694. The van der Waals surface area contributed by atoms with Crippen LogP contribution in [0.5, 0.6) is 0 Å².